The van der Waals surface area contributed by atoms with Gasteiger partial charge in [-0.25, -0.2) is 4.85 Å². The molecular weight excluding hydrogens is 404 g/mol. The first-order valence-electron chi connectivity index (χ1n) is 10.7. The zero-order valence-electron chi connectivity index (χ0n) is 17.7. The Labute approximate surface area is 191 Å². The highest BCUT2D eigenvalue weighted by Crippen LogP contribution is 2.40. The molecule has 0 saturated carbocycles. The van der Waals surface area contributed by atoms with E-state index in [0.717, 1.165) is 55.3 Å². The van der Waals surface area contributed by atoms with E-state index in [4.69, 9.17) is 11.0 Å². The van der Waals surface area contributed by atoms with E-state index in [1.54, 1.807) is 6.20 Å². The number of pyridine rings is 1. The molecule has 2 heterocycles. The van der Waals surface area contributed by atoms with Crippen molar-refractivity contribution in [3.63, 3.8) is 0 Å². The van der Waals surface area contributed by atoms with Crippen LogP contribution in [-0.2, 0) is 0 Å². The van der Waals surface area contributed by atoms with Crippen LogP contribution in [0.3, 0.4) is 0 Å². The zero-order valence-corrected chi connectivity index (χ0v) is 17.7. The standard InChI is InChI=1S/C30H18N2O/c1-31-24-8-2-6-22(18-24)26-10-4-12-28-27-11-3-9-25(29(27)33-30(26)28)21-15-13-20(14-16-21)23-7-5-17-32-19-23/h2-19H. The Morgan fingerprint density at radius 3 is 1.91 bits per heavy atom. The molecule has 0 atom stereocenters. The van der Waals surface area contributed by atoms with Crippen molar-refractivity contribution >= 4 is 27.6 Å². The van der Waals surface area contributed by atoms with Crippen molar-refractivity contribution in [2.75, 3.05) is 0 Å². The van der Waals surface area contributed by atoms with E-state index < -0.39 is 0 Å². The third kappa shape index (κ3) is 3.26. The third-order valence-electron chi connectivity index (χ3n) is 6.00. The lowest BCUT2D eigenvalue weighted by Crippen LogP contribution is -1.82. The largest absolute Gasteiger partial charge is 0.455 e. The molecule has 6 rings (SSSR count). The number of fused-ring (bicyclic) bond motifs is 3. The minimum atomic E-state index is 0.620. The van der Waals surface area contributed by atoms with Crippen LogP contribution in [0.15, 0.2) is 114 Å². The second-order valence-electron chi connectivity index (χ2n) is 7.95. The molecule has 0 saturated heterocycles. The van der Waals surface area contributed by atoms with Gasteiger partial charge in [-0.1, -0.05) is 84.9 Å². The van der Waals surface area contributed by atoms with Gasteiger partial charge in [0.15, 0.2) is 5.69 Å². The highest BCUT2D eigenvalue weighted by molar-refractivity contribution is 6.13. The van der Waals surface area contributed by atoms with Crippen LogP contribution in [0.4, 0.5) is 5.69 Å². The van der Waals surface area contributed by atoms with Crippen molar-refractivity contribution in [2.45, 2.75) is 0 Å². The van der Waals surface area contributed by atoms with E-state index in [-0.39, 0.29) is 0 Å². The van der Waals surface area contributed by atoms with Crippen LogP contribution in [0.5, 0.6) is 0 Å². The molecule has 0 aliphatic rings. The molecule has 0 unspecified atom stereocenters. The molecule has 0 aliphatic heterocycles. The summed E-state index contributed by atoms with van der Waals surface area (Å²) >= 11 is 0. The summed E-state index contributed by atoms with van der Waals surface area (Å²) in [5.41, 5.74) is 8.69. The highest BCUT2D eigenvalue weighted by Gasteiger charge is 2.15. The van der Waals surface area contributed by atoms with E-state index in [1.165, 1.54) is 0 Å². The molecule has 2 aromatic heterocycles. The number of hydrogen-bond donors (Lipinski definition) is 0. The van der Waals surface area contributed by atoms with Gasteiger partial charge < -0.3 is 4.42 Å². The highest BCUT2D eigenvalue weighted by atomic mass is 16.3. The fourth-order valence-electron chi connectivity index (χ4n) is 4.39. The summed E-state index contributed by atoms with van der Waals surface area (Å²) in [6.07, 6.45) is 3.66. The van der Waals surface area contributed by atoms with Crippen molar-refractivity contribution in [2.24, 2.45) is 0 Å². The van der Waals surface area contributed by atoms with Crippen LogP contribution in [0, 0.1) is 6.57 Å². The molecule has 0 amide bonds. The molecule has 154 valence electrons. The number of para-hydroxylation sites is 2. The Hall–Kier alpha value is -4.68. The lowest BCUT2D eigenvalue weighted by molar-refractivity contribution is 0.671. The zero-order chi connectivity index (χ0) is 22.2. The van der Waals surface area contributed by atoms with Gasteiger partial charge in [-0.15, -0.1) is 0 Å². The monoisotopic (exact) mass is 422 g/mol. The van der Waals surface area contributed by atoms with E-state index in [1.807, 2.05) is 42.6 Å². The molecule has 4 aromatic carbocycles. The number of hydrogen-bond acceptors (Lipinski definition) is 2. The van der Waals surface area contributed by atoms with Crippen molar-refractivity contribution in [1.82, 2.24) is 4.98 Å². The van der Waals surface area contributed by atoms with Gasteiger partial charge >= 0.3 is 0 Å². The average Bonchev–Trinajstić information content (AvgIpc) is 3.28. The molecule has 3 nitrogen and oxygen atoms in total. The molecule has 6 aromatic rings. The van der Waals surface area contributed by atoms with Crippen LogP contribution in [0.2, 0.25) is 0 Å². The molecule has 0 fully saturated rings. The van der Waals surface area contributed by atoms with Gasteiger partial charge in [-0.05, 0) is 34.4 Å². The topological polar surface area (TPSA) is 30.4 Å². The van der Waals surface area contributed by atoms with Gasteiger partial charge in [-0.2, -0.15) is 0 Å². The fraction of sp³-hybridized carbons (Fsp3) is 0. The SMILES string of the molecule is [C-]#[N+]c1cccc(-c2cccc3c2oc2c(-c4ccc(-c5cccnc5)cc4)cccc23)c1. The minimum absolute atomic E-state index is 0.620. The first-order valence-corrected chi connectivity index (χ1v) is 10.7. The molecule has 0 aliphatic carbocycles. The Kier molecular flexibility index (Phi) is 4.49. The van der Waals surface area contributed by atoms with E-state index in [2.05, 4.69) is 70.5 Å². The normalized spacial score (nSPS) is 11.0. The van der Waals surface area contributed by atoms with Crippen molar-refractivity contribution in [1.29, 1.82) is 0 Å². The lowest BCUT2D eigenvalue weighted by atomic mass is 9.98. The number of rotatable bonds is 3. The van der Waals surface area contributed by atoms with Gasteiger partial charge in [0.05, 0.1) is 6.57 Å². The molecule has 0 bridgehead atoms. The number of nitrogens with zero attached hydrogens (tertiary/aromatic N) is 2. The van der Waals surface area contributed by atoms with Gasteiger partial charge in [0.25, 0.3) is 0 Å². The van der Waals surface area contributed by atoms with Crippen LogP contribution >= 0.6 is 0 Å². The smallest absolute Gasteiger partial charge is 0.187 e. The van der Waals surface area contributed by atoms with Crippen molar-refractivity contribution in [3.8, 4) is 33.4 Å². The minimum Gasteiger partial charge on any atom is -0.455 e. The summed E-state index contributed by atoms with van der Waals surface area (Å²) in [4.78, 5) is 7.80. The van der Waals surface area contributed by atoms with Crippen LogP contribution in [0.25, 0.3) is 60.2 Å². The fourth-order valence-corrected chi connectivity index (χ4v) is 4.39. The summed E-state index contributed by atoms with van der Waals surface area (Å²) in [5.74, 6) is 0. The second-order valence-corrected chi connectivity index (χ2v) is 7.95. The van der Waals surface area contributed by atoms with Gasteiger partial charge in [-0.3, -0.25) is 4.98 Å². The van der Waals surface area contributed by atoms with Crippen LogP contribution in [-0.4, -0.2) is 4.98 Å². The number of benzene rings is 4. The molecular formula is C30H18N2O. The Balaban J connectivity index is 1.51. The van der Waals surface area contributed by atoms with E-state index in [9.17, 15) is 0 Å². The van der Waals surface area contributed by atoms with Gasteiger partial charge in [0.2, 0.25) is 0 Å². The predicted molar refractivity (Wildman–Crippen MR) is 134 cm³/mol. The van der Waals surface area contributed by atoms with Crippen molar-refractivity contribution in [3.05, 3.63) is 121 Å². The number of aromatic nitrogens is 1. The Morgan fingerprint density at radius 1 is 0.606 bits per heavy atom. The van der Waals surface area contributed by atoms with E-state index >= 15 is 0 Å². The summed E-state index contributed by atoms with van der Waals surface area (Å²) in [6, 6.07) is 32.7. The van der Waals surface area contributed by atoms with Gasteiger partial charge in [0, 0.05) is 34.3 Å². The summed E-state index contributed by atoms with van der Waals surface area (Å²) in [5, 5.41) is 2.16. The Morgan fingerprint density at radius 2 is 1.24 bits per heavy atom. The maximum absolute atomic E-state index is 7.35. The third-order valence-corrected chi connectivity index (χ3v) is 6.00. The first kappa shape index (κ1) is 19.0. The quantitative estimate of drug-likeness (QED) is 0.268. The average molecular weight is 422 g/mol. The molecule has 0 N–H and O–H groups in total. The molecule has 0 spiro atoms. The first-order chi connectivity index (χ1) is 16.3. The van der Waals surface area contributed by atoms with Crippen molar-refractivity contribution < 1.29 is 4.42 Å². The van der Waals surface area contributed by atoms with Crippen LogP contribution in [0.1, 0.15) is 0 Å². The summed E-state index contributed by atoms with van der Waals surface area (Å²) < 4.78 is 6.52. The molecule has 3 heteroatoms. The Bertz CT molecular complexity index is 1660. The summed E-state index contributed by atoms with van der Waals surface area (Å²) in [6.45, 7) is 7.35. The second kappa shape index (κ2) is 7.78. The molecule has 0 radical (unpaired) electrons. The molecule has 33 heavy (non-hydrogen) atoms. The maximum atomic E-state index is 7.35. The predicted octanol–water partition coefficient (Wildman–Crippen LogP) is 8.53. The van der Waals surface area contributed by atoms with Gasteiger partial charge in [0.1, 0.15) is 11.2 Å². The summed E-state index contributed by atoms with van der Waals surface area (Å²) in [7, 11) is 0. The maximum Gasteiger partial charge on any atom is 0.187 e. The van der Waals surface area contributed by atoms with Crippen LogP contribution < -0.4 is 0 Å². The van der Waals surface area contributed by atoms with E-state index in [0.29, 0.717) is 5.69 Å². The lowest BCUT2D eigenvalue weighted by Gasteiger charge is -2.05. The number of furan rings is 1.